The van der Waals surface area contributed by atoms with Gasteiger partial charge in [0.2, 0.25) is 5.82 Å². The van der Waals surface area contributed by atoms with Gasteiger partial charge in [0.25, 0.3) is 0 Å². The van der Waals surface area contributed by atoms with Gasteiger partial charge in [0.1, 0.15) is 12.4 Å². The third-order valence-electron chi connectivity index (χ3n) is 3.01. The monoisotopic (exact) mass is 349 g/mol. The van der Waals surface area contributed by atoms with E-state index in [4.69, 9.17) is 4.74 Å². The Labute approximate surface area is 131 Å². The number of hydrogen-bond acceptors (Lipinski definition) is 4. The maximum Gasteiger partial charge on any atom is 0.419 e. The van der Waals surface area contributed by atoms with Crippen LogP contribution in [0, 0.1) is 21.7 Å². The number of rotatable bonds is 4. The molecule has 0 bridgehead atoms. The van der Waals surface area contributed by atoms with Gasteiger partial charge in [-0.05, 0) is 18.2 Å². The Balaban J connectivity index is 2.30. The van der Waals surface area contributed by atoms with Crippen molar-refractivity contribution in [1.29, 1.82) is 0 Å². The molecule has 5 nitrogen and oxygen atoms in total. The molecule has 0 aliphatic rings. The SMILES string of the molecule is O=[N+]([O-])c1c(O)ccc(OCc2cccc(C(F)(F)F)c2F)c1F. The van der Waals surface area contributed by atoms with Crippen molar-refractivity contribution in [2.24, 2.45) is 0 Å². The molecule has 0 saturated heterocycles. The summed E-state index contributed by atoms with van der Waals surface area (Å²) in [6, 6.07) is 4.09. The fourth-order valence-corrected chi connectivity index (χ4v) is 1.89. The zero-order valence-electron chi connectivity index (χ0n) is 11.6. The number of halogens is 5. The van der Waals surface area contributed by atoms with E-state index in [0.717, 1.165) is 24.3 Å². The molecule has 2 rings (SSSR count). The van der Waals surface area contributed by atoms with E-state index in [1.165, 1.54) is 0 Å². The quantitative estimate of drug-likeness (QED) is 0.511. The standard InChI is InChI=1S/C14H8F5NO4/c15-11-7(2-1-3-8(11)14(17,18)19)6-24-10-5-4-9(21)13(12(10)16)20(22)23/h1-5,21H,6H2. The van der Waals surface area contributed by atoms with E-state index in [0.29, 0.717) is 6.07 Å². The number of nitro groups is 1. The molecular formula is C14H8F5NO4. The molecule has 0 heterocycles. The third-order valence-corrected chi connectivity index (χ3v) is 3.01. The lowest BCUT2D eigenvalue weighted by atomic mass is 10.1. The highest BCUT2D eigenvalue weighted by atomic mass is 19.4. The van der Waals surface area contributed by atoms with Gasteiger partial charge in [0.15, 0.2) is 11.5 Å². The average Bonchev–Trinajstić information content (AvgIpc) is 2.46. The largest absolute Gasteiger partial charge is 0.502 e. The van der Waals surface area contributed by atoms with Gasteiger partial charge < -0.3 is 9.84 Å². The smallest absolute Gasteiger partial charge is 0.419 e. The van der Waals surface area contributed by atoms with Crippen LogP contribution in [0.2, 0.25) is 0 Å². The van der Waals surface area contributed by atoms with Crippen molar-refractivity contribution in [2.75, 3.05) is 0 Å². The highest BCUT2D eigenvalue weighted by molar-refractivity contribution is 5.51. The van der Waals surface area contributed by atoms with Crippen molar-refractivity contribution in [3.05, 3.63) is 63.2 Å². The number of nitrogens with zero attached hydrogens (tertiary/aromatic N) is 1. The van der Waals surface area contributed by atoms with Gasteiger partial charge in [-0.15, -0.1) is 0 Å². The highest BCUT2D eigenvalue weighted by Crippen LogP contribution is 2.36. The molecule has 0 spiro atoms. The van der Waals surface area contributed by atoms with Crippen LogP contribution in [0.15, 0.2) is 30.3 Å². The van der Waals surface area contributed by atoms with E-state index in [1.807, 2.05) is 0 Å². The maximum atomic E-state index is 13.9. The molecule has 10 heteroatoms. The number of nitro benzene ring substituents is 1. The van der Waals surface area contributed by atoms with E-state index in [9.17, 15) is 37.2 Å². The summed E-state index contributed by atoms with van der Waals surface area (Å²) in [5, 5.41) is 19.9. The summed E-state index contributed by atoms with van der Waals surface area (Å²) in [6.07, 6.45) is -4.91. The van der Waals surface area contributed by atoms with Gasteiger partial charge in [0, 0.05) is 5.56 Å². The molecule has 0 radical (unpaired) electrons. The molecule has 0 aromatic heterocycles. The Hall–Kier alpha value is -2.91. The lowest BCUT2D eigenvalue weighted by Gasteiger charge is -2.12. The number of hydrogen-bond donors (Lipinski definition) is 1. The van der Waals surface area contributed by atoms with Crippen LogP contribution in [0.1, 0.15) is 11.1 Å². The van der Waals surface area contributed by atoms with Gasteiger partial charge in [-0.2, -0.15) is 17.6 Å². The van der Waals surface area contributed by atoms with E-state index >= 15 is 0 Å². The molecule has 0 atom stereocenters. The minimum atomic E-state index is -4.91. The molecule has 0 saturated carbocycles. The molecule has 2 aromatic carbocycles. The summed E-state index contributed by atoms with van der Waals surface area (Å²) < 4.78 is 70.3. The van der Waals surface area contributed by atoms with Crippen LogP contribution in [0.3, 0.4) is 0 Å². The zero-order valence-corrected chi connectivity index (χ0v) is 11.6. The summed E-state index contributed by atoms with van der Waals surface area (Å²) in [7, 11) is 0. The van der Waals surface area contributed by atoms with E-state index in [-0.39, 0.29) is 0 Å². The fraction of sp³-hybridized carbons (Fsp3) is 0.143. The lowest BCUT2D eigenvalue weighted by Crippen LogP contribution is -2.11. The molecule has 0 fully saturated rings. The summed E-state index contributed by atoms with van der Waals surface area (Å²) >= 11 is 0. The van der Waals surface area contributed by atoms with Gasteiger partial charge >= 0.3 is 11.9 Å². The topological polar surface area (TPSA) is 72.6 Å². The van der Waals surface area contributed by atoms with Crippen LogP contribution < -0.4 is 4.74 Å². The number of phenols is 1. The van der Waals surface area contributed by atoms with Crippen LogP contribution in [0.25, 0.3) is 0 Å². The maximum absolute atomic E-state index is 13.9. The van der Waals surface area contributed by atoms with E-state index < -0.39 is 57.7 Å². The summed E-state index contributed by atoms with van der Waals surface area (Å²) in [5.74, 6) is -4.77. The minimum absolute atomic E-state index is 0.514. The molecule has 0 unspecified atom stereocenters. The number of aromatic hydroxyl groups is 1. The molecular weight excluding hydrogens is 341 g/mol. The molecule has 1 N–H and O–H groups in total. The number of ether oxygens (including phenoxy) is 1. The second-order valence-corrected chi connectivity index (χ2v) is 4.57. The Morgan fingerprint density at radius 3 is 2.38 bits per heavy atom. The summed E-state index contributed by atoms with van der Waals surface area (Å²) in [5.41, 5.74) is -3.28. The molecule has 128 valence electrons. The average molecular weight is 349 g/mol. The van der Waals surface area contributed by atoms with Crippen molar-refractivity contribution in [3.8, 4) is 11.5 Å². The van der Waals surface area contributed by atoms with Gasteiger partial charge in [0.05, 0.1) is 10.5 Å². The molecule has 0 aliphatic carbocycles. The number of alkyl halides is 3. The second-order valence-electron chi connectivity index (χ2n) is 4.57. The van der Waals surface area contributed by atoms with Crippen molar-refractivity contribution in [1.82, 2.24) is 0 Å². The van der Waals surface area contributed by atoms with Crippen LogP contribution in [-0.4, -0.2) is 10.0 Å². The van der Waals surface area contributed by atoms with Crippen molar-refractivity contribution in [3.63, 3.8) is 0 Å². The fourth-order valence-electron chi connectivity index (χ4n) is 1.89. The predicted octanol–water partition coefficient (Wildman–Crippen LogP) is 4.18. The van der Waals surface area contributed by atoms with Gasteiger partial charge in [-0.1, -0.05) is 12.1 Å². The second kappa shape index (κ2) is 6.30. The van der Waals surface area contributed by atoms with E-state index in [1.54, 1.807) is 0 Å². The normalized spacial score (nSPS) is 11.4. The summed E-state index contributed by atoms with van der Waals surface area (Å²) in [6.45, 7) is -0.797. The Bertz CT molecular complexity index is 791. The lowest BCUT2D eigenvalue weighted by molar-refractivity contribution is -0.388. The zero-order chi connectivity index (χ0) is 18.1. The minimum Gasteiger partial charge on any atom is -0.502 e. The summed E-state index contributed by atoms with van der Waals surface area (Å²) in [4.78, 5) is 9.45. The van der Waals surface area contributed by atoms with Crippen LogP contribution in [0.5, 0.6) is 11.5 Å². The van der Waals surface area contributed by atoms with Gasteiger partial charge in [-0.3, -0.25) is 10.1 Å². The predicted molar refractivity (Wildman–Crippen MR) is 70.5 cm³/mol. The van der Waals surface area contributed by atoms with Gasteiger partial charge in [-0.25, -0.2) is 4.39 Å². The van der Waals surface area contributed by atoms with Crippen LogP contribution in [0.4, 0.5) is 27.6 Å². The molecule has 0 amide bonds. The first kappa shape index (κ1) is 17.4. The molecule has 0 aliphatic heterocycles. The number of benzene rings is 2. The number of phenolic OH excluding ortho intramolecular Hbond substituents is 1. The first-order chi connectivity index (χ1) is 11.1. The first-order valence-corrected chi connectivity index (χ1v) is 6.26. The third kappa shape index (κ3) is 3.36. The Morgan fingerprint density at radius 2 is 1.79 bits per heavy atom. The molecule has 24 heavy (non-hydrogen) atoms. The van der Waals surface area contributed by atoms with Crippen molar-refractivity contribution < 1.29 is 36.7 Å². The Morgan fingerprint density at radius 1 is 1.12 bits per heavy atom. The first-order valence-electron chi connectivity index (χ1n) is 6.26. The van der Waals surface area contributed by atoms with Crippen molar-refractivity contribution in [2.45, 2.75) is 12.8 Å². The highest BCUT2D eigenvalue weighted by Gasteiger charge is 2.35. The Kier molecular flexibility index (Phi) is 4.58. The van der Waals surface area contributed by atoms with Crippen molar-refractivity contribution >= 4 is 5.69 Å². The van der Waals surface area contributed by atoms with Crippen LogP contribution >= 0.6 is 0 Å². The molecule has 2 aromatic rings. The van der Waals surface area contributed by atoms with E-state index in [2.05, 4.69) is 0 Å². The van der Waals surface area contributed by atoms with Crippen LogP contribution in [-0.2, 0) is 12.8 Å².